The topological polar surface area (TPSA) is 84.0 Å². The number of benzene rings is 2. The van der Waals surface area contributed by atoms with Gasteiger partial charge in [0.05, 0.1) is 6.61 Å². The van der Waals surface area contributed by atoms with E-state index in [1.165, 1.54) is 0 Å². The van der Waals surface area contributed by atoms with E-state index in [4.69, 9.17) is 9.47 Å². The number of carbonyl (C=O) groups is 1. The van der Waals surface area contributed by atoms with E-state index in [2.05, 4.69) is 33.1 Å². The maximum absolute atomic E-state index is 11.8. The Hall–Kier alpha value is -2.33. The van der Waals surface area contributed by atoms with Gasteiger partial charge in [-0.2, -0.15) is 0 Å². The number of hydrogen-bond acceptors (Lipinski definition) is 4. The van der Waals surface area contributed by atoms with Crippen molar-refractivity contribution in [2.45, 2.75) is 46.7 Å². The van der Waals surface area contributed by atoms with Crippen molar-refractivity contribution >= 4 is 41.5 Å². The molecule has 0 spiro atoms. The van der Waals surface area contributed by atoms with Crippen LogP contribution >= 0.6 is 24.0 Å². The van der Waals surface area contributed by atoms with Crippen LogP contribution in [0.25, 0.3) is 0 Å². The van der Waals surface area contributed by atoms with Crippen molar-refractivity contribution in [3.05, 3.63) is 59.2 Å². The molecule has 0 saturated carbocycles. The van der Waals surface area contributed by atoms with Gasteiger partial charge in [0.15, 0.2) is 5.96 Å². The van der Waals surface area contributed by atoms with Crippen molar-refractivity contribution in [1.29, 1.82) is 0 Å². The van der Waals surface area contributed by atoms with Gasteiger partial charge in [-0.1, -0.05) is 31.2 Å². The predicted octanol–water partition coefficient (Wildman–Crippen LogP) is 4.63. The molecule has 0 aromatic heterocycles. The molecule has 0 aliphatic heterocycles. The molecular formula is C25H37IN4O3. The van der Waals surface area contributed by atoms with Crippen molar-refractivity contribution in [1.82, 2.24) is 10.6 Å². The third-order valence-electron chi connectivity index (χ3n) is 4.73. The lowest BCUT2D eigenvalue weighted by molar-refractivity contribution is -0.116. The summed E-state index contributed by atoms with van der Waals surface area (Å²) in [6.45, 7) is 8.94. The van der Waals surface area contributed by atoms with Gasteiger partial charge in [0.1, 0.15) is 12.4 Å². The molecule has 0 aliphatic rings. The molecule has 2 aromatic carbocycles. The van der Waals surface area contributed by atoms with E-state index in [9.17, 15) is 4.79 Å². The molecule has 1 amide bonds. The fraction of sp³-hybridized carbons (Fsp3) is 0.440. The highest BCUT2D eigenvalue weighted by Crippen LogP contribution is 2.20. The molecule has 0 heterocycles. The highest BCUT2D eigenvalue weighted by Gasteiger charge is 2.07. The summed E-state index contributed by atoms with van der Waals surface area (Å²) in [6.07, 6.45) is 1.35. The molecule has 182 valence electrons. The van der Waals surface area contributed by atoms with Gasteiger partial charge in [0.2, 0.25) is 5.91 Å². The molecule has 0 bridgehead atoms. The van der Waals surface area contributed by atoms with Gasteiger partial charge in [-0.3, -0.25) is 9.79 Å². The van der Waals surface area contributed by atoms with Crippen LogP contribution in [-0.2, 0) is 22.6 Å². The Balaban J connectivity index is 0.00000544. The quantitative estimate of drug-likeness (QED) is 0.151. The number of anilines is 1. The number of aliphatic imine (C=N–C) groups is 1. The normalized spacial score (nSPS) is 10.8. The first-order valence-electron chi connectivity index (χ1n) is 11.2. The van der Waals surface area contributed by atoms with Crippen molar-refractivity contribution in [2.24, 2.45) is 4.99 Å². The van der Waals surface area contributed by atoms with Gasteiger partial charge < -0.3 is 25.4 Å². The number of guanidine groups is 1. The summed E-state index contributed by atoms with van der Waals surface area (Å²) in [5.74, 6) is 1.57. The number of nitrogens with zero attached hydrogens (tertiary/aromatic N) is 1. The van der Waals surface area contributed by atoms with Gasteiger partial charge in [-0.15, -0.1) is 24.0 Å². The molecule has 0 fully saturated rings. The average molecular weight is 569 g/mol. The number of hydrogen-bond donors (Lipinski definition) is 3. The largest absolute Gasteiger partial charge is 0.491 e. The molecule has 0 unspecified atom stereocenters. The smallest absolute Gasteiger partial charge is 0.224 e. The first kappa shape index (κ1) is 28.7. The van der Waals surface area contributed by atoms with Crippen LogP contribution in [-0.4, -0.2) is 38.7 Å². The molecule has 33 heavy (non-hydrogen) atoms. The van der Waals surface area contributed by atoms with Crippen LogP contribution in [0.15, 0.2) is 47.5 Å². The van der Waals surface area contributed by atoms with E-state index in [1.54, 1.807) is 7.05 Å². The second kappa shape index (κ2) is 16.3. The van der Waals surface area contributed by atoms with Gasteiger partial charge in [0.25, 0.3) is 0 Å². The summed E-state index contributed by atoms with van der Waals surface area (Å²) in [5.41, 5.74) is 4.06. The summed E-state index contributed by atoms with van der Waals surface area (Å²) in [6, 6.07) is 14.0. The summed E-state index contributed by atoms with van der Waals surface area (Å²) in [7, 11) is 1.74. The molecule has 0 radical (unpaired) electrons. The molecule has 8 heteroatoms. The standard InChI is InChI=1S/C25H36N4O3.HI/c1-5-8-24(30)29-22-10-7-9-20(16-22)17-27-25(26-4)28-18-21-12-11-19(3)15-23(21)32-14-13-31-6-2;/h7,9-12,15-16H,5-6,8,13-14,17-18H2,1-4H3,(H,29,30)(H2,26,27,28);1H. The van der Waals surface area contributed by atoms with Gasteiger partial charge in [-0.05, 0) is 49.6 Å². The minimum atomic E-state index is 0. The van der Waals surface area contributed by atoms with Crippen molar-refractivity contribution < 1.29 is 14.3 Å². The maximum Gasteiger partial charge on any atom is 0.224 e. The molecule has 2 rings (SSSR count). The van der Waals surface area contributed by atoms with Crippen LogP contribution in [0.3, 0.4) is 0 Å². The van der Waals surface area contributed by atoms with Crippen LogP contribution in [0.4, 0.5) is 5.69 Å². The van der Waals surface area contributed by atoms with E-state index in [-0.39, 0.29) is 29.9 Å². The number of rotatable bonds is 12. The van der Waals surface area contributed by atoms with Gasteiger partial charge in [0, 0.05) is 44.4 Å². The summed E-state index contributed by atoms with van der Waals surface area (Å²) >= 11 is 0. The molecule has 0 aliphatic carbocycles. The summed E-state index contributed by atoms with van der Waals surface area (Å²) < 4.78 is 11.3. The van der Waals surface area contributed by atoms with Crippen LogP contribution < -0.4 is 20.7 Å². The Bertz CT molecular complexity index is 890. The lowest BCUT2D eigenvalue weighted by atomic mass is 10.1. The third-order valence-corrected chi connectivity index (χ3v) is 4.73. The number of aryl methyl sites for hydroxylation is 1. The Labute approximate surface area is 214 Å². The number of nitrogens with one attached hydrogen (secondary N) is 3. The molecule has 0 atom stereocenters. The van der Waals surface area contributed by atoms with Crippen LogP contribution in [0.5, 0.6) is 5.75 Å². The molecule has 7 nitrogen and oxygen atoms in total. The van der Waals surface area contributed by atoms with E-state index in [0.717, 1.165) is 34.5 Å². The lowest BCUT2D eigenvalue weighted by Gasteiger charge is -2.16. The fourth-order valence-electron chi connectivity index (χ4n) is 3.09. The molecule has 2 aromatic rings. The first-order valence-corrected chi connectivity index (χ1v) is 11.2. The van der Waals surface area contributed by atoms with Gasteiger partial charge in [-0.25, -0.2) is 0 Å². The Morgan fingerprint density at radius 3 is 2.55 bits per heavy atom. The van der Waals surface area contributed by atoms with Crippen molar-refractivity contribution in [3.8, 4) is 5.75 Å². The van der Waals surface area contributed by atoms with Crippen molar-refractivity contribution in [3.63, 3.8) is 0 Å². The van der Waals surface area contributed by atoms with Crippen LogP contribution in [0, 0.1) is 6.92 Å². The molecule has 0 saturated heterocycles. The monoisotopic (exact) mass is 568 g/mol. The highest BCUT2D eigenvalue weighted by molar-refractivity contribution is 14.0. The second-order valence-corrected chi connectivity index (χ2v) is 7.43. The fourth-order valence-corrected chi connectivity index (χ4v) is 3.09. The molecule has 3 N–H and O–H groups in total. The van der Waals surface area contributed by atoms with Crippen LogP contribution in [0.1, 0.15) is 43.4 Å². The molecular weight excluding hydrogens is 531 g/mol. The van der Waals surface area contributed by atoms with Gasteiger partial charge >= 0.3 is 0 Å². The maximum atomic E-state index is 11.8. The summed E-state index contributed by atoms with van der Waals surface area (Å²) in [4.78, 5) is 16.1. The Morgan fingerprint density at radius 2 is 1.82 bits per heavy atom. The number of carbonyl (C=O) groups excluding carboxylic acids is 1. The van der Waals surface area contributed by atoms with Crippen LogP contribution in [0.2, 0.25) is 0 Å². The zero-order valence-electron chi connectivity index (χ0n) is 20.1. The summed E-state index contributed by atoms with van der Waals surface area (Å²) in [5, 5.41) is 9.59. The minimum Gasteiger partial charge on any atom is -0.491 e. The lowest BCUT2D eigenvalue weighted by Crippen LogP contribution is -2.36. The number of amides is 1. The predicted molar refractivity (Wildman–Crippen MR) is 146 cm³/mol. The van der Waals surface area contributed by atoms with E-state index in [1.807, 2.05) is 51.1 Å². The second-order valence-electron chi connectivity index (χ2n) is 7.43. The highest BCUT2D eigenvalue weighted by atomic mass is 127. The third kappa shape index (κ3) is 10.9. The van der Waals surface area contributed by atoms with Crippen molar-refractivity contribution in [2.75, 3.05) is 32.2 Å². The number of ether oxygens (including phenoxy) is 2. The van der Waals surface area contributed by atoms with E-state index < -0.39 is 0 Å². The SMILES string of the molecule is CCCC(=O)Nc1cccc(CNC(=NC)NCc2ccc(C)cc2OCCOCC)c1.I. The Morgan fingerprint density at radius 1 is 1.03 bits per heavy atom. The average Bonchev–Trinajstić information content (AvgIpc) is 2.78. The van der Waals surface area contributed by atoms with E-state index >= 15 is 0 Å². The number of halogens is 1. The zero-order chi connectivity index (χ0) is 23.2. The zero-order valence-corrected chi connectivity index (χ0v) is 22.4. The Kier molecular flexibility index (Phi) is 14.2. The van der Waals surface area contributed by atoms with E-state index in [0.29, 0.717) is 45.3 Å². The minimum absolute atomic E-state index is 0. The first-order chi connectivity index (χ1) is 15.5.